The molecule has 1 N–H and O–H groups in total. The first-order chi connectivity index (χ1) is 11.0. The Balaban J connectivity index is 1.86. The molecule has 0 unspecified atom stereocenters. The lowest BCUT2D eigenvalue weighted by molar-refractivity contribution is -0.385. The molecule has 120 valence electrons. The second kappa shape index (κ2) is 5.83. The van der Waals surface area contributed by atoms with Gasteiger partial charge in [0.1, 0.15) is 0 Å². The van der Waals surface area contributed by atoms with Crippen LogP contribution in [0.3, 0.4) is 0 Å². The van der Waals surface area contributed by atoms with Crippen LogP contribution in [0, 0.1) is 17.0 Å². The van der Waals surface area contributed by atoms with Gasteiger partial charge in [0.25, 0.3) is 11.6 Å². The second-order valence-electron chi connectivity index (χ2n) is 5.80. The fraction of sp³-hybridized carbons (Fsp3) is 0.375. The van der Waals surface area contributed by atoms with Gasteiger partial charge in [0.2, 0.25) is 0 Å². The normalized spacial score (nSPS) is 16.7. The number of benzene rings is 1. The standard InChI is InChI=1S/C16H18N4O3/c1-10-11(5-3-7-14(10)20(22)23)16(21)18-13-6-4-8-15-12(13)9-17-19(15)2/h3,5,7,9,13H,4,6,8H2,1-2H3,(H,18,21)/t13-/m0/s1. The van der Waals surface area contributed by atoms with Crippen LogP contribution in [0.25, 0.3) is 0 Å². The Bertz CT molecular complexity index is 782. The molecule has 1 aromatic heterocycles. The van der Waals surface area contributed by atoms with Crippen molar-refractivity contribution >= 4 is 11.6 Å². The van der Waals surface area contributed by atoms with Gasteiger partial charge < -0.3 is 5.32 Å². The number of nitrogens with zero attached hydrogens (tertiary/aromatic N) is 3. The van der Waals surface area contributed by atoms with E-state index in [9.17, 15) is 14.9 Å². The van der Waals surface area contributed by atoms with E-state index in [-0.39, 0.29) is 17.6 Å². The molecular formula is C16H18N4O3. The van der Waals surface area contributed by atoms with Crippen LogP contribution in [0.5, 0.6) is 0 Å². The Hall–Kier alpha value is -2.70. The molecule has 1 aliphatic rings. The van der Waals surface area contributed by atoms with Crippen molar-refractivity contribution in [1.82, 2.24) is 15.1 Å². The minimum atomic E-state index is -0.466. The molecule has 2 aromatic rings. The third-order valence-corrected chi connectivity index (χ3v) is 4.43. The van der Waals surface area contributed by atoms with Gasteiger partial charge in [-0.1, -0.05) is 6.07 Å². The summed E-state index contributed by atoms with van der Waals surface area (Å²) in [4.78, 5) is 23.1. The zero-order chi connectivity index (χ0) is 16.6. The Morgan fingerprint density at radius 1 is 1.48 bits per heavy atom. The van der Waals surface area contributed by atoms with Crippen LogP contribution in [-0.4, -0.2) is 20.6 Å². The fourth-order valence-corrected chi connectivity index (χ4v) is 3.16. The summed E-state index contributed by atoms with van der Waals surface area (Å²) in [5, 5.41) is 18.3. The Morgan fingerprint density at radius 2 is 2.26 bits per heavy atom. The Morgan fingerprint density at radius 3 is 3.00 bits per heavy atom. The van der Waals surface area contributed by atoms with Gasteiger partial charge >= 0.3 is 0 Å². The Kier molecular flexibility index (Phi) is 3.85. The average molecular weight is 314 g/mol. The molecule has 0 fully saturated rings. The van der Waals surface area contributed by atoms with Crippen molar-refractivity contribution in [2.24, 2.45) is 7.05 Å². The molecule has 0 spiro atoms. The van der Waals surface area contributed by atoms with Crippen LogP contribution >= 0.6 is 0 Å². The van der Waals surface area contributed by atoms with E-state index in [0.29, 0.717) is 11.1 Å². The molecule has 3 rings (SSSR count). The highest BCUT2D eigenvalue weighted by Crippen LogP contribution is 2.30. The van der Waals surface area contributed by atoms with E-state index in [0.717, 1.165) is 30.5 Å². The number of amides is 1. The van der Waals surface area contributed by atoms with Gasteiger partial charge in [0.15, 0.2) is 0 Å². The van der Waals surface area contributed by atoms with Crippen molar-refractivity contribution < 1.29 is 9.72 Å². The number of nitro benzene ring substituents is 1. The third kappa shape index (κ3) is 2.69. The predicted octanol–water partition coefficient (Wildman–Crippen LogP) is 2.44. The average Bonchev–Trinajstić information content (AvgIpc) is 2.90. The molecule has 0 aliphatic heterocycles. The van der Waals surface area contributed by atoms with Crippen LogP contribution in [0.15, 0.2) is 24.4 Å². The lowest BCUT2D eigenvalue weighted by Gasteiger charge is -2.24. The fourth-order valence-electron chi connectivity index (χ4n) is 3.16. The summed E-state index contributed by atoms with van der Waals surface area (Å²) < 4.78 is 1.84. The summed E-state index contributed by atoms with van der Waals surface area (Å²) in [5.41, 5.74) is 2.86. The quantitative estimate of drug-likeness (QED) is 0.696. The van der Waals surface area contributed by atoms with Crippen LogP contribution in [0.2, 0.25) is 0 Å². The molecule has 7 nitrogen and oxygen atoms in total. The predicted molar refractivity (Wildman–Crippen MR) is 84.2 cm³/mol. The first-order valence-electron chi connectivity index (χ1n) is 7.54. The SMILES string of the molecule is Cc1c(C(=O)N[C@H]2CCCc3c2cnn3C)cccc1[N+](=O)[O-]. The molecule has 0 radical (unpaired) electrons. The van der Waals surface area contributed by atoms with Gasteiger partial charge in [-0.15, -0.1) is 0 Å². The number of nitrogens with one attached hydrogen (secondary N) is 1. The highest BCUT2D eigenvalue weighted by atomic mass is 16.6. The number of rotatable bonds is 3. The van der Waals surface area contributed by atoms with Crippen LogP contribution < -0.4 is 5.32 Å². The summed E-state index contributed by atoms with van der Waals surface area (Å²) in [5.74, 6) is -0.284. The smallest absolute Gasteiger partial charge is 0.273 e. The molecule has 1 aliphatic carbocycles. The van der Waals surface area contributed by atoms with Crippen LogP contribution in [0.1, 0.15) is 46.1 Å². The summed E-state index contributed by atoms with van der Waals surface area (Å²) >= 11 is 0. The zero-order valence-electron chi connectivity index (χ0n) is 13.1. The molecule has 0 saturated carbocycles. The third-order valence-electron chi connectivity index (χ3n) is 4.43. The number of aromatic nitrogens is 2. The molecule has 7 heteroatoms. The van der Waals surface area contributed by atoms with E-state index in [1.807, 2.05) is 11.7 Å². The van der Waals surface area contributed by atoms with Gasteiger partial charge in [-0.05, 0) is 32.3 Å². The van der Waals surface area contributed by atoms with Crippen molar-refractivity contribution in [2.75, 3.05) is 0 Å². The molecule has 1 aromatic carbocycles. The monoisotopic (exact) mass is 314 g/mol. The highest BCUT2D eigenvalue weighted by molar-refractivity contribution is 5.96. The topological polar surface area (TPSA) is 90.1 Å². The summed E-state index contributed by atoms with van der Waals surface area (Å²) in [6, 6.07) is 4.46. The number of carbonyl (C=O) groups excluding carboxylic acids is 1. The minimum absolute atomic E-state index is 0.0386. The van der Waals surface area contributed by atoms with Gasteiger partial charge in [0.05, 0.1) is 17.2 Å². The number of nitro groups is 1. The van der Waals surface area contributed by atoms with Crippen molar-refractivity contribution in [3.63, 3.8) is 0 Å². The van der Waals surface area contributed by atoms with Crippen molar-refractivity contribution in [3.05, 3.63) is 56.9 Å². The van der Waals surface area contributed by atoms with Gasteiger partial charge in [-0.25, -0.2) is 0 Å². The second-order valence-corrected chi connectivity index (χ2v) is 5.80. The molecule has 23 heavy (non-hydrogen) atoms. The summed E-state index contributed by atoms with van der Waals surface area (Å²) in [6.45, 7) is 1.60. The van der Waals surface area contributed by atoms with Crippen LogP contribution in [0.4, 0.5) is 5.69 Å². The first kappa shape index (κ1) is 15.2. The van der Waals surface area contributed by atoms with E-state index < -0.39 is 4.92 Å². The maximum atomic E-state index is 12.6. The molecule has 0 saturated heterocycles. The summed E-state index contributed by atoms with van der Waals surface area (Å²) in [6.07, 6.45) is 4.57. The van der Waals surface area contributed by atoms with E-state index in [1.165, 1.54) is 12.1 Å². The maximum Gasteiger partial charge on any atom is 0.273 e. The van der Waals surface area contributed by atoms with E-state index in [1.54, 1.807) is 19.2 Å². The number of hydrogen-bond donors (Lipinski definition) is 1. The van der Waals surface area contributed by atoms with Crippen LogP contribution in [-0.2, 0) is 13.5 Å². The van der Waals surface area contributed by atoms with E-state index >= 15 is 0 Å². The van der Waals surface area contributed by atoms with Gasteiger partial charge in [0, 0.05) is 35.5 Å². The Labute approximate surface area is 133 Å². The number of hydrogen-bond acceptors (Lipinski definition) is 4. The number of fused-ring (bicyclic) bond motifs is 1. The van der Waals surface area contributed by atoms with Crippen molar-refractivity contribution in [3.8, 4) is 0 Å². The number of aryl methyl sites for hydroxylation is 1. The van der Waals surface area contributed by atoms with Gasteiger partial charge in [-0.3, -0.25) is 19.6 Å². The molecule has 1 atom stereocenters. The van der Waals surface area contributed by atoms with E-state index in [2.05, 4.69) is 10.4 Å². The minimum Gasteiger partial charge on any atom is -0.345 e. The molecule has 1 heterocycles. The molecule has 1 amide bonds. The van der Waals surface area contributed by atoms with Crippen molar-refractivity contribution in [1.29, 1.82) is 0 Å². The summed E-state index contributed by atoms with van der Waals surface area (Å²) in [7, 11) is 1.90. The molecule has 0 bridgehead atoms. The first-order valence-corrected chi connectivity index (χ1v) is 7.54. The van der Waals surface area contributed by atoms with Crippen molar-refractivity contribution in [2.45, 2.75) is 32.2 Å². The lowest BCUT2D eigenvalue weighted by Crippen LogP contribution is -2.31. The highest BCUT2D eigenvalue weighted by Gasteiger charge is 2.26. The zero-order valence-corrected chi connectivity index (χ0v) is 13.1. The lowest BCUT2D eigenvalue weighted by atomic mass is 9.92. The molecular weight excluding hydrogens is 296 g/mol. The van der Waals surface area contributed by atoms with E-state index in [4.69, 9.17) is 0 Å². The van der Waals surface area contributed by atoms with Gasteiger partial charge in [-0.2, -0.15) is 5.10 Å². The largest absolute Gasteiger partial charge is 0.345 e. The number of carbonyl (C=O) groups is 1. The maximum absolute atomic E-state index is 12.6.